The normalized spacial score (nSPS) is 10.8. The fraction of sp³-hybridized carbons (Fsp3) is 0.250. The SMILES string of the molecule is COCCNCc1c(Cl)cccc1Sc1cccc(F)c1. The zero-order valence-corrected chi connectivity index (χ0v) is 13.3. The van der Waals surface area contributed by atoms with Crippen molar-refractivity contribution in [2.24, 2.45) is 0 Å². The zero-order chi connectivity index (χ0) is 15.1. The molecule has 1 N–H and O–H groups in total. The Kier molecular flexibility index (Phi) is 6.51. The largest absolute Gasteiger partial charge is 0.383 e. The van der Waals surface area contributed by atoms with Gasteiger partial charge in [-0.15, -0.1) is 0 Å². The standard InChI is InChI=1S/C16H17ClFNOS/c1-20-9-8-19-11-14-15(17)6-3-7-16(14)21-13-5-2-4-12(18)10-13/h2-7,10,19H,8-9,11H2,1H3. The van der Waals surface area contributed by atoms with Crippen LogP contribution in [0.1, 0.15) is 5.56 Å². The minimum absolute atomic E-state index is 0.234. The zero-order valence-electron chi connectivity index (χ0n) is 11.7. The Morgan fingerprint density at radius 2 is 2.05 bits per heavy atom. The van der Waals surface area contributed by atoms with Crippen LogP contribution in [-0.2, 0) is 11.3 Å². The van der Waals surface area contributed by atoms with Crippen LogP contribution >= 0.6 is 23.4 Å². The molecule has 2 aromatic rings. The predicted molar refractivity (Wildman–Crippen MR) is 85.6 cm³/mol. The molecule has 2 aromatic carbocycles. The lowest BCUT2D eigenvalue weighted by molar-refractivity contribution is 0.199. The van der Waals surface area contributed by atoms with Crippen LogP contribution in [-0.4, -0.2) is 20.3 Å². The van der Waals surface area contributed by atoms with Crippen molar-refractivity contribution in [2.45, 2.75) is 16.3 Å². The van der Waals surface area contributed by atoms with Gasteiger partial charge in [-0.05, 0) is 35.9 Å². The first-order valence-corrected chi connectivity index (χ1v) is 7.80. The summed E-state index contributed by atoms with van der Waals surface area (Å²) < 4.78 is 18.3. The Morgan fingerprint density at radius 1 is 1.24 bits per heavy atom. The van der Waals surface area contributed by atoms with Gasteiger partial charge in [-0.2, -0.15) is 0 Å². The second-order valence-electron chi connectivity index (χ2n) is 4.45. The highest BCUT2D eigenvalue weighted by molar-refractivity contribution is 7.99. The fourth-order valence-electron chi connectivity index (χ4n) is 1.85. The van der Waals surface area contributed by atoms with Crippen LogP contribution in [0.2, 0.25) is 5.02 Å². The number of rotatable bonds is 7. The van der Waals surface area contributed by atoms with Crippen LogP contribution in [0.3, 0.4) is 0 Å². The molecule has 0 unspecified atom stereocenters. The summed E-state index contributed by atoms with van der Waals surface area (Å²) in [6, 6.07) is 12.3. The molecule has 0 saturated carbocycles. The van der Waals surface area contributed by atoms with Gasteiger partial charge in [0.1, 0.15) is 5.82 Å². The third kappa shape index (κ3) is 5.00. The third-order valence-electron chi connectivity index (χ3n) is 2.88. The molecule has 0 atom stereocenters. The van der Waals surface area contributed by atoms with E-state index in [1.54, 1.807) is 13.2 Å². The van der Waals surface area contributed by atoms with E-state index in [0.717, 1.165) is 21.9 Å². The summed E-state index contributed by atoms with van der Waals surface area (Å²) in [7, 11) is 1.67. The molecule has 0 saturated heterocycles. The van der Waals surface area contributed by atoms with Gasteiger partial charge in [-0.25, -0.2) is 4.39 Å². The number of hydrogen-bond donors (Lipinski definition) is 1. The molecule has 0 heterocycles. The molecule has 5 heteroatoms. The van der Waals surface area contributed by atoms with Gasteiger partial charge in [0.25, 0.3) is 0 Å². The predicted octanol–water partition coefficient (Wildman–Crippen LogP) is 4.37. The van der Waals surface area contributed by atoms with Crippen molar-refractivity contribution in [3.05, 3.63) is 58.9 Å². The highest BCUT2D eigenvalue weighted by atomic mass is 35.5. The number of methoxy groups -OCH3 is 1. The Hall–Kier alpha value is -1.07. The van der Waals surface area contributed by atoms with Gasteiger partial charge in [0.2, 0.25) is 0 Å². The van der Waals surface area contributed by atoms with Crippen molar-refractivity contribution in [1.29, 1.82) is 0 Å². The van der Waals surface area contributed by atoms with Crippen molar-refractivity contribution in [1.82, 2.24) is 5.32 Å². The molecule has 112 valence electrons. The lowest BCUT2D eigenvalue weighted by atomic mass is 10.2. The lowest BCUT2D eigenvalue weighted by Crippen LogP contribution is -2.19. The summed E-state index contributed by atoms with van der Waals surface area (Å²) in [6.07, 6.45) is 0. The number of hydrogen-bond acceptors (Lipinski definition) is 3. The maximum absolute atomic E-state index is 13.3. The van der Waals surface area contributed by atoms with Crippen LogP contribution < -0.4 is 5.32 Å². The van der Waals surface area contributed by atoms with Crippen molar-refractivity contribution in [3.8, 4) is 0 Å². The third-order valence-corrected chi connectivity index (χ3v) is 4.33. The van der Waals surface area contributed by atoms with Gasteiger partial charge in [0.05, 0.1) is 6.61 Å². The Balaban J connectivity index is 2.13. The van der Waals surface area contributed by atoms with Gasteiger partial charge in [-0.3, -0.25) is 0 Å². The summed E-state index contributed by atoms with van der Waals surface area (Å²) in [5, 5.41) is 3.99. The maximum atomic E-state index is 13.3. The number of halogens is 2. The van der Waals surface area contributed by atoms with Crippen molar-refractivity contribution >= 4 is 23.4 Å². The van der Waals surface area contributed by atoms with Gasteiger partial charge in [-0.1, -0.05) is 35.5 Å². The Morgan fingerprint density at radius 3 is 2.81 bits per heavy atom. The lowest BCUT2D eigenvalue weighted by Gasteiger charge is -2.12. The minimum atomic E-state index is -0.234. The van der Waals surface area contributed by atoms with Gasteiger partial charge in [0.15, 0.2) is 0 Å². The maximum Gasteiger partial charge on any atom is 0.124 e. The van der Waals surface area contributed by atoms with E-state index in [1.165, 1.54) is 23.9 Å². The van der Waals surface area contributed by atoms with E-state index < -0.39 is 0 Å². The molecule has 0 aliphatic rings. The molecule has 2 nitrogen and oxygen atoms in total. The molecular weight excluding hydrogens is 309 g/mol. The molecule has 0 aliphatic carbocycles. The molecule has 0 aromatic heterocycles. The number of nitrogens with one attached hydrogen (secondary N) is 1. The number of benzene rings is 2. The summed E-state index contributed by atoms with van der Waals surface area (Å²) in [5.74, 6) is -0.234. The highest BCUT2D eigenvalue weighted by Gasteiger charge is 2.08. The molecule has 2 rings (SSSR count). The summed E-state index contributed by atoms with van der Waals surface area (Å²) in [4.78, 5) is 1.88. The summed E-state index contributed by atoms with van der Waals surface area (Å²) in [6.45, 7) is 2.06. The van der Waals surface area contributed by atoms with E-state index in [0.29, 0.717) is 18.2 Å². The van der Waals surface area contributed by atoms with Crippen LogP contribution in [0.25, 0.3) is 0 Å². The van der Waals surface area contributed by atoms with Gasteiger partial charge < -0.3 is 10.1 Å². The summed E-state index contributed by atoms with van der Waals surface area (Å²) >= 11 is 7.79. The molecule has 21 heavy (non-hydrogen) atoms. The molecule has 0 bridgehead atoms. The van der Waals surface area contributed by atoms with E-state index in [-0.39, 0.29) is 5.82 Å². The van der Waals surface area contributed by atoms with Gasteiger partial charge in [0, 0.05) is 35.0 Å². The van der Waals surface area contributed by atoms with E-state index >= 15 is 0 Å². The monoisotopic (exact) mass is 325 g/mol. The first kappa shape index (κ1) is 16.3. The van der Waals surface area contributed by atoms with E-state index in [2.05, 4.69) is 5.32 Å². The van der Waals surface area contributed by atoms with Crippen molar-refractivity contribution in [3.63, 3.8) is 0 Å². The first-order chi connectivity index (χ1) is 10.2. The highest BCUT2D eigenvalue weighted by Crippen LogP contribution is 2.33. The molecule has 0 fully saturated rings. The fourth-order valence-corrected chi connectivity index (χ4v) is 3.17. The van der Waals surface area contributed by atoms with Crippen LogP contribution in [0.5, 0.6) is 0 Å². The molecular formula is C16H17ClFNOS. The first-order valence-electron chi connectivity index (χ1n) is 6.61. The quantitative estimate of drug-likeness (QED) is 0.764. The van der Waals surface area contributed by atoms with Crippen LogP contribution in [0, 0.1) is 5.82 Å². The minimum Gasteiger partial charge on any atom is -0.383 e. The Labute approximate surface area is 133 Å². The average Bonchev–Trinajstić information content (AvgIpc) is 2.46. The van der Waals surface area contributed by atoms with E-state index in [1.807, 2.05) is 24.3 Å². The van der Waals surface area contributed by atoms with Gasteiger partial charge >= 0.3 is 0 Å². The second-order valence-corrected chi connectivity index (χ2v) is 5.97. The van der Waals surface area contributed by atoms with E-state index in [4.69, 9.17) is 16.3 Å². The smallest absolute Gasteiger partial charge is 0.124 e. The molecule has 0 spiro atoms. The topological polar surface area (TPSA) is 21.3 Å². The van der Waals surface area contributed by atoms with Crippen molar-refractivity contribution in [2.75, 3.05) is 20.3 Å². The number of ether oxygens (including phenoxy) is 1. The summed E-state index contributed by atoms with van der Waals surface area (Å²) in [5.41, 5.74) is 1.02. The van der Waals surface area contributed by atoms with E-state index in [9.17, 15) is 4.39 Å². The second kappa shape index (κ2) is 8.39. The molecule has 0 aliphatic heterocycles. The van der Waals surface area contributed by atoms with Crippen LogP contribution in [0.4, 0.5) is 4.39 Å². The average molecular weight is 326 g/mol. The van der Waals surface area contributed by atoms with Crippen LogP contribution in [0.15, 0.2) is 52.3 Å². The molecule has 0 radical (unpaired) electrons. The molecule has 0 amide bonds. The van der Waals surface area contributed by atoms with Crippen molar-refractivity contribution < 1.29 is 9.13 Å². The Bertz CT molecular complexity index is 594.